The van der Waals surface area contributed by atoms with Gasteiger partial charge in [0.15, 0.2) is 11.2 Å². The Hall–Kier alpha value is -3.09. The summed E-state index contributed by atoms with van der Waals surface area (Å²) in [5.74, 6) is -2.12. The van der Waals surface area contributed by atoms with E-state index in [1.807, 2.05) is 0 Å². The van der Waals surface area contributed by atoms with Crippen molar-refractivity contribution >= 4 is 42.5 Å². The quantitative estimate of drug-likeness (QED) is 0.226. The number of ether oxygens (including phenoxy) is 1. The van der Waals surface area contributed by atoms with Crippen LogP contribution in [0, 0.1) is 17.7 Å². The number of phosphoric ester groups is 1. The number of H-pyrrole nitrogens is 1. The number of phosphoric acid groups is 1. The molecule has 15 heteroatoms. The van der Waals surface area contributed by atoms with E-state index in [0.717, 1.165) is 0 Å². The van der Waals surface area contributed by atoms with E-state index in [1.54, 1.807) is 18.4 Å². The van der Waals surface area contributed by atoms with Crippen molar-refractivity contribution in [1.29, 1.82) is 0 Å². The maximum absolute atomic E-state index is 14.5. The predicted octanol–water partition coefficient (Wildman–Crippen LogP) is 4.48. The Morgan fingerprint density at radius 3 is 2.95 bits per heavy atom. The number of anilines is 1. The number of nitrogens with two attached hydrogens (primary N) is 1. The summed E-state index contributed by atoms with van der Waals surface area (Å²) in [6.07, 6.45) is 0.307. The minimum absolute atomic E-state index is 0.00341. The van der Waals surface area contributed by atoms with Crippen LogP contribution in [0.5, 0.6) is 0 Å². The van der Waals surface area contributed by atoms with E-state index in [1.165, 1.54) is 24.5 Å². The van der Waals surface area contributed by atoms with E-state index < -0.39 is 55.3 Å². The number of rotatable bonds is 7. The van der Waals surface area contributed by atoms with Crippen molar-refractivity contribution in [3.05, 3.63) is 63.4 Å². The van der Waals surface area contributed by atoms with Gasteiger partial charge in [-0.2, -0.15) is 4.98 Å². The van der Waals surface area contributed by atoms with Gasteiger partial charge >= 0.3 is 13.8 Å². The van der Waals surface area contributed by atoms with Crippen LogP contribution in [0.25, 0.3) is 11.2 Å². The highest BCUT2D eigenvalue weighted by atomic mass is 35.5. The van der Waals surface area contributed by atoms with Gasteiger partial charge < -0.3 is 15.0 Å². The van der Waals surface area contributed by atoms with Crippen molar-refractivity contribution < 1.29 is 32.1 Å². The molecular weight excluding hydrogens is 568 g/mol. The molecule has 5 rings (SSSR count). The fourth-order valence-electron chi connectivity index (χ4n) is 4.84. The molecular formula is C25H28ClFN5O7P. The van der Waals surface area contributed by atoms with Gasteiger partial charge in [0.1, 0.15) is 11.9 Å². The third-order valence-electron chi connectivity index (χ3n) is 6.94. The standard InChI is InChI=1S/C25H28ClFN5O7P/c1-12(2)24(34)38-20-9-18(32-11-29-21-22(32)30-25(28)31-23(21)33)13(3)16(20)10-37-40(35)36-7-6-19(39-40)15-8-14(26)4-5-17(15)27/h4-5,8,11-12,16,18-20H,3,6-7,9-10H2,1-2H3,(H3,28,30,31,33)/t16-,18?,19+,20-,40-/m0/s1. The molecule has 214 valence electrons. The number of benzene rings is 1. The number of fused-ring (bicyclic) bond motifs is 1. The number of aromatic nitrogens is 4. The van der Waals surface area contributed by atoms with Crippen LogP contribution in [0.1, 0.15) is 44.4 Å². The van der Waals surface area contributed by atoms with Gasteiger partial charge in [0, 0.05) is 29.3 Å². The molecule has 2 aliphatic rings. The largest absolute Gasteiger partial charge is 0.475 e. The molecule has 3 heterocycles. The third kappa shape index (κ3) is 5.57. The van der Waals surface area contributed by atoms with Crippen molar-refractivity contribution in [2.24, 2.45) is 11.8 Å². The van der Waals surface area contributed by atoms with Gasteiger partial charge in [-0.25, -0.2) is 13.9 Å². The number of carbonyl (C=O) groups excluding carboxylic acids is 1. The zero-order chi connectivity index (χ0) is 28.8. The normalized spacial score (nSPS) is 27.0. The summed E-state index contributed by atoms with van der Waals surface area (Å²) >= 11 is 6.02. The molecule has 0 radical (unpaired) electrons. The fraction of sp³-hybridized carbons (Fsp3) is 0.440. The number of nitrogens with one attached hydrogen (secondary N) is 1. The number of imidazole rings is 1. The molecule has 5 atom stereocenters. The average molecular weight is 596 g/mol. The van der Waals surface area contributed by atoms with E-state index in [2.05, 4.69) is 21.5 Å². The number of nitrogens with zero attached hydrogens (tertiary/aromatic N) is 3. The number of hydrogen-bond donors (Lipinski definition) is 2. The monoisotopic (exact) mass is 595 g/mol. The summed E-state index contributed by atoms with van der Waals surface area (Å²) in [7, 11) is -4.15. The Bertz CT molecular complexity index is 1580. The molecule has 0 amide bonds. The number of carbonyl (C=O) groups is 1. The predicted molar refractivity (Wildman–Crippen MR) is 143 cm³/mol. The van der Waals surface area contributed by atoms with E-state index in [0.29, 0.717) is 10.6 Å². The molecule has 1 aliphatic carbocycles. The van der Waals surface area contributed by atoms with E-state index in [-0.39, 0.29) is 48.7 Å². The molecule has 3 N–H and O–H groups in total. The Balaban J connectivity index is 1.39. The molecule has 1 aliphatic heterocycles. The molecule has 0 spiro atoms. The van der Waals surface area contributed by atoms with Gasteiger partial charge in [-0.1, -0.05) is 32.0 Å². The van der Waals surface area contributed by atoms with Gasteiger partial charge in [-0.15, -0.1) is 0 Å². The van der Waals surface area contributed by atoms with Crippen molar-refractivity contribution in [1.82, 2.24) is 19.5 Å². The highest BCUT2D eigenvalue weighted by Crippen LogP contribution is 2.58. The minimum atomic E-state index is -4.15. The van der Waals surface area contributed by atoms with Crippen LogP contribution in [0.4, 0.5) is 10.3 Å². The van der Waals surface area contributed by atoms with Crippen LogP contribution < -0.4 is 11.3 Å². The van der Waals surface area contributed by atoms with Crippen LogP contribution in [0.2, 0.25) is 5.02 Å². The maximum atomic E-state index is 14.5. The first-order valence-corrected chi connectivity index (χ1v) is 14.4. The highest BCUT2D eigenvalue weighted by Gasteiger charge is 2.45. The maximum Gasteiger partial charge on any atom is 0.475 e. The van der Waals surface area contributed by atoms with Gasteiger partial charge in [0.25, 0.3) is 5.56 Å². The first-order valence-electron chi connectivity index (χ1n) is 12.6. The van der Waals surface area contributed by atoms with Crippen LogP contribution in [-0.4, -0.2) is 44.8 Å². The lowest BCUT2D eigenvalue weighted by Crippen LogP contribution is -2.28. The second kappa shape index (κ2) is 11.1. The summed E-state index contributed by atoms with van der Waals surface area (Å²) in [6.45, 7) is 7.36. The molecule has 1 saturated carbocycles. The van der Waals surface area contributed by atoms with E-state index >= 15 is 0 Å². The number of hydrogen-bond acceptors (Lipinski definition) is 10. The van der Waals surface area contributed by atoms with Crippen molar-refractivity contribution in [2.45, 2.75) is 44.9 Å². The number of nitrogen functional groups attached to an aromatic ring is 1. The molecule has 3 aromatic rings. The fourth-order valence-corrected chi connectivity index (χ4v) is 6.42. The van der Waals surface area contributed by atoms with Crippen molar-refractivity contribution in [2.75, 3.05) is 18.9 Å². The third-order valence-corrected chi connectivity index (χ3v) is 8.65. The zero-order valence-electron chi connectivity index (χ0n) is 21.7. The summed E-state index contributed by atoms with van der Waals surface area (Å²) in [5, 5.41) is 0.301. The van der Waals surface area contributed by atoms with Crippen LogP contribution >= 0.6 is 19.4 Å². The van der Waals surface area contributed by atoms with Crippen LogP contribution in [0.3, 0.4) is 0 Å². The van der Waals surface area contributed by atoms with Gasteiger partial charge in [0.05, 0.1) is 37.6 Å². The minimum Gasteiger partial charge on any atom is -0.461 e. The molecule has 12 nitrogen and oxygen atoms in total. The summed E-state index contributed by atoms with van der Waals surface area (Å²) < 4.78 is 52.0. The van der Waals surface area contributed by atoms with Gasteiger partial charge in [-0.05, 0) is 23.8 Å². The lowest BCUT2D eigenvalue weighted by molar-refractivity contribution is -0.154. The summed E-state index contributed by atoms with van der Waals surface area (Å²) in [4.78, 5) is 35.6. The topological polar surface area (TPSA) is 161 Å². The van der Waals surface area contributed by atoms with Crippen LogP contribution in [0.15, 0.2) is 41.5 Å². The van der Waals surface area contributed by atoms with Crippen LogP contribution in [-0.2, 0) is 27.7 Å². The molecule has 1 unspecified atom stereocenters. The van der Waals surface area contributed by atoms with E-state index in [9.17, 15) is 18.5 Å². The summed E-state index contributed by atoms with van der Waals surface area (Å²) in [5.41, 5.74) is 6.27. The van der Waals surface area contributed by atoms with E-state index in [4.69, 9.17) is 35.6 Å². The second-order valence-electron chi connectivity index (χ2n) is 9.96. The molecule has 1 aromatic carbocycles. The van der Waals surface area contributed by atoms with Crippen molar-refractivity contribution in [3.8, 4) is 0 Å². The Kier molecular flexibility index (Phi) is 7.86. The second-order valence-corrected chi connectivity index (χ2v) is 12.0. The smallest absolute Gasteiger partial charge is 0.461 e. The van der Waals surface area contributed by atoms with Crippen molar-refractivity contribution in [3.63, 3.8) is 0 Å². The zero-order valence-corrected chi connectivity index (χ0v) is 23.4. The molecule has 2 aromatic heterocycles. The number of esters is 1. The Morgan fingerprint density at radius 2 is 2.20 bits per heavy atom. The lowest BCUT2D eigenvalue weighted by Gasteiger charge is -2.30. The molecule has 0 bridgehead atoms. The number of halogens is 2. The molecule has 40 heavy (non-hydrogen) atoms. The Morgan fingerprint density at radius 1 is 1.43 bits per heavy atom. The average Bonchev–Trinajstić information content (AvgIpc) is 3.44. The van der Waals surface area contributed by atoms with Gasteiger partial charge in [0.2, 0.25) is 5.95 Å². The number of aromatic amines is 1. The molecule has 2 fully saturated rings. The first-order chi connectivity index (χ1) is 19.0. The SMILES string of the molecule is C=C1C(n2cnc3c(=O)[nH]c(N)nc32)C[C@H](OC(=O)C(C)C)[C@H]1CO[P@]1(=O)OCC[C@H](c2cc(Cl)ccc2F)O1. The Labute approximate surface area is 233 Å². The first kappa shape index (κ1) is 28.4. The lowest BCUT2D eigenvalue weighted by atomic mass is 10.0. The van der Waals surface area contributed by atoms with Gasteiger partial charge in [-0.3, -0.25) is 28.1 Å². The highest BCUT2D eigenvalue weighted by molar-refractivity contribution is 7.48. The summed E-state index contributed by atoms with van der Waals surface area (Å²) in [6, 6.07) is 3.51. The molecule has 1 saturated heterocycles.